The van der Waals surface area contributed by atoms with Gasteiger partial charge in [0.2, 0.25) is 0 Å². The van der Waals surface area contributed by atoms with Gasteiger partial charge in [-0.25, -0.2) is 0 Å². The monoisotopic (exact) mass is 255 g/mol. The Hall–Kier alpha value is -1.41. The summed E-state index contributed by atoms with van der Waals surface area (Å²) >= 11 is 0. The fraction of sp³-hybridized carbons (Fsp3) is 0.312. The van der Waals surface area contributed by atoms with Gasteiger partial charge in [0, 0.05) is 6.21 Å². The molecule has 0 aliphatic heterocycles. The predicted octanol–water partition coefficient (Wildman–Crippen LogP) is 4.35. The van der Waals surface area contributed by atoms with E-state index in [4.69, 9.17) is 4.66 Å². The Bertz CT molecular complexity index is 480. The van der Waals surface area contributed by atoms with Crippen molar-refractivity contribution in [2.75, 3.05) is 0 Å². The molecule has 0 fully saturated rings. The molecule has 0 bridgehead atoms. The average Bonchev–Trinajstić information content (AvgIpc) is 2.38. The minimum absolute atomic E-state index is 0.0453. The maximum atomic E-state index is 4.86. The first-order valence-electron chi connectivity index (χ1n) is 6.48. The van der Waals surface area contributed by atoms with Crippen LogP contribution in [0, 0.1) is 0 Å². The third kappa shape index (κ3) is 3.08. The van der Waals surface area contributed by atoms with Crippen LogP contribution >= 0.6 is 0 Å². The van der Waals surface area contributed by atoms with Crippen LogP contribution in [0.3, 0.4) is 0 Å². The summed E-state index contributed by atoms with van der Waals surface area (Å²) in [6, 6.07) is 10.7. The molecule has 0 saturated heterocycles. The van der Waals surface area contributed by atoms with E-state index in [0.29, 0.717) is 0 Å². The van der Waals surface area contributed by atoms with E-state index >= 15 is 0 Å². The van der Waals surface area contributed by atoms with Crippen molar-refractivity contribution in [1.82, 2.24) is 0 Å². The van der Waals surface area contributed by atoms with Crippen molar-refractivity contribution in [3.63, 3.8) is 0 Å². The number of benzene rings is 1. The lowest BCUT2D eigenvalue weighted by molar-refractivity contribution is 0.736. The molecule has 0 N–H and O–H groups in total. The zero-order valence-electron chi connectivity index (χ0n) is 11.4. The summed E-state index contributed by atoms with van der Waals surface area (Å²) in [7, 11) is -1.41. The SMILES string of the molecule is C[Si](C)(C)N=CC1(c2ccccc2)C=CC=CC1. The van der Waals surface area contributed by atoms with Crippen LogP contribution in [-0.4, -0.2) is 14.5 Å². The summed E-state index contributed by atoms with van der Waals surface area (Å²) < 4.78 is 4.86. The minimum Gasteiger partial charge on any atom is -0.332 e. The first-order chi connectivity index (χ1) is 8.52. The van der Waals surface area contributed by atoms with Gasteiger partial charge >= 0.3 is 0 Å². The molecule has 1 aliphatic rings. The van der Waals surface area contributed by atoms with E-state index in [1.165, 1.54) is 5.56 Å². The lowest BCUT2D eigenvalue weighted by atomic mass is 9.76. The van der Waals surface area contributed by atoms with Gasteiger partial charge in [-0.15, -0.1) is 0 Å². The summed E-state index contributed by atoms with van der Waals surface area (Å²) in [5.41, 5.74) is 1.28. The number of hydrogen-bond acceptors (Lipinski definition) is 1. The second-order valence-electron chi connectivity index (χ2n) is 5.83. The molecule has 1 aromatic carbocycles. The molecule has 1 atom stereocenters. The molecule has 1 aromatic rings. The van der Waals surface area contributed by atoms with Gasteiger partial charge in [-0.3, -0.25) is 0 Å². The van der Waals surface area contributed by atoms with E-state index in [1.54, 1.807) is 0 Å². The Labute approximate surface area is 111 Å². The second-order valence-corrected chi connectivity index (χ2v) is 10.4. The molecule has 0 saturated carbocycles. The van der Waals surface area contributed by atoms with Crippen LogP contribution in [0.25, 0.3) is 0 Å². The summed E-state index contributed by atoms with van der Waals surface area (Å²) in [5, 5.41) is 0. The molecule has 2 rings (SSSR count). The Balaban J connectivity index is 2.40. The molecule has 0 spiro atoms. The largest absolute Gasteiger partial charge is 0.332 e. The van der Waals surface area contributed by atoms with E-state index < -0.39 is 8.24 Å². The first kappa shape index (κ1) is 13.0. The molecule has 0 heterocycles. The van der Waals surface area contributed by atoms with E-state index in [2.05, 4.69) is 80.5 Å². The van der Waals surface area contributed by atoms with Crippen LogP contribution in [0.4, 0.5) is 0 Å². The van der Waals surface area contributed by atoms with Gasteiger partial charge in [0.15, 0.2) is 8.24 Å². The molecular weight excluding hydrogens is 234 g/mol. The number of nitrogens with zero attached hydrogens (tertiary/aromatic N) is 1. The van der Waals surface area contributed by atoms with Crippen molar-refractivity contribution in [3.8, 4) is 0 Å². The molecule has 1 aliphatic carbocycles. The second kappa shape index (κ2) is 5.07. The van der Waals surface area contributed by atoms with Gasteiger partial charge in [-0.1, -0.05) is 54.6 Å². The fourth-order valence-corrected chi connectivity index (χ4v) is 2.70. The number of rotatable bonds is 3. The van der Waals surface area contributed by atoms with Crippen molar-refractivity contribution in [3.05, 3.63) is 60.2 Å². The summed E-state index contributed by atoms with van der Waals surface area (Å²) in [6.45, 7) is 6.81. The van der Waals surface area contributed by atoms with Gasteiger partial charge in [0.25, 0.3) is 0 Å². The molecule has 0 amide bonds. The van der Waals surface area contributed by atoms with Crippen LogP contribution < -0.4 is 0 Å². The third-order valence-electron chi connectivity index (χ3n) is 3.09. The lowest BCUT2D eigenvalue weighted by Crippen LogP contribution is -2.29. The van der Waals surface area contributed by atoms with E-state index in [0.717, 1.165) is 6.42 Å². The normalized spacial score (nSPS) is 23.7. The zero-order valence-corrected chi connectivity index (χ0v) is 12.4. The highest BCUT2D eigenvalue weighted by Crippen LogP contribution is 2.31. The molecule has 18 heavy (non-hydrogen) atoms. The van der Waals surface area contributed by atoms with E-state index in [9.17, 15) is 0 Å². The summed E-state index contributed by atoms with van der Waals surface area (Å²) in [4.78, 5) is 0. The van der Waals surface area contributed by atoms with Crippen LogP contribution in [-0.2, 0) is 5.41 Å². The Morgan fingerprint density at radius 2 is 1.83 bits per heavy atom. The van der Waals surface area contributed by atoms with Crippen molar-refractivity contribution in [2.45, 2.75) is 31.5 Å². The van der Waals surface area contributed by atoms with Crippen molar-refractivity contribution < 1.29 is 0 Å². The minimum atomic E-state index is -1.41. The van der Waals surface area contributed by atoms with Crippen molar-refractivity contribution in [2.24, 2.45) is 4.66 Å². The highest BCUT2D eigenvalue weighted by atomic mass is 28.3. The molecule has 0 aromatic heterocycles. The molecule has 1 unspecified atom stereocenters. The van der Waals surface area contributed by atoms with Gasteiger partial charge in [-0.05, 0) is 31.6 Å². The Kier molecular flexibility index (Phi) is 3.67. The molecule has 94 valence electrons. The van der Waals surface area contributed by atoms with Crippen LogP contribution in [0.1, 0.15) is 12.0 Å². The Morgan fingerprint density at radius 3 is 2.39 bits per heavy atom. The standard InChI is InChI=1S/C16H21NSi/c1-18(2,3)17-14-16(12-8-5-9-13-16)15-10-6-4-7-11-15/h4-12,14H,13H2,1-3H3. The van der Waals surface area contributed by atoms with Gasteiger partial charge < -0.3 is 4.66 Å². The molecule has 2 heteroatoms. The number of allylic oxidation sites excluding steroid dienone is 4. The van der Waals surface area contributed by atoms with Crippen molar-refractivity contribution >= 4 is 14.5 Å². The van der Waals surface area contributed by atoms with Crippen LogP contribution in [0.2, 0.25) is 19.6 Å². The highest BCUT2D eigenvalue weighted by molar-refractivity contribution is 6.75. The molecule has 1 nitrogen and oxygen atoms in total. The summed E-state index contributed by atoms with van der Waals surface area (Å²) in [6.07, 6.45) is 11.9. The van der Waals surface area contributed by atoms with Crippen LogP contribution in [0.15, 0.2) is 59.3 Å². The van der Waals surface area contributed by atoms with E-state index in [1.807, 2.05) is 0 Å². The Morgan fingerprint density at radius 1 is 1.11 bits per heavy atom. The fourth-order valence-electron chi connectivity index (χ4n) is 2.08. The molecular formula is C16H21NSi. The lowest BCUT2D eigenvalue weighted by Gasteiger charge is -2.29. The first-order valence-corrected chi connectivity index (χ1v) is 9.93. The zero-order chi connectivity index (χ0) is 13.1. The average molecular weight is 255 g/mol. The predicted molar refractivity (Wildman–Crippen MR) is 82.9 cm³/mol. The quantitative estimate of drug-likeness (QED) is 0.562. The highest BCUT2D eigenvalue weighted by Gasteiger charge is 2.28. The topological polar surface area (TPSA) is 12.4 Å². The van der Waals surface area contributed by atoms with Crippen molar-refractivity contribution in [1.29, 1.82) is 0 Å². The maximum Gasteiger partial charge on any atom is 0.171 e. The molecule has 0 radical (unpaired) electrons. The van der Waals surface area contributed by atoms with Crippen LogP contribution in [0.5, 0.6) is 0 Å². The smallest absolute Gasteiger partial charge is 0.171 e. The van der Waals surface area contributed by atoms with Gasteiger partial charge in [0.05, 0.1) is 5.41 Å². The third-order valence-corrected chi connectivity index (χ3v) is 3.99. The summed E-state index contributed by atoms with van der Waals surface area (Å²) in [5.74, 6) is 0. The van der Waals surface area contributed by atoms with Gasteiger partial charge in [-0.2, -0.15) is 0 Å². The number of hydrogen-bond donors (Lipinski definition) is 0. The maximum absolute atomic E-state index is 4.86. The van der Waals surface area contributed by atoms with E-state index in [-0.39, 0.29) is 5.41 Å². The van der Waals surface area contributed by atoms with Gasteiger partial charge in [0.1, 0.15) is 0 Å².